The third-order valence-electron chi connectivity index (χ3n) is 2.85. The van der Waals surface area contributed by atoms with Crippen LogP contribution in [0.1, 0.15) is 33.1 Å². The van der Waals surface area contributed by atoms with Crippen molar-refractivity contribution in [1.29, 1.82) is 0 Å². The molecule has 0 heterocycles. The standard InChI is InChI=1S/C12H25NO2/c1-4-8-13-11(9-14-3)12(15-5-2)10-6-7-10/h10-13H,4-9H2,1-3H3. The molecule has 2 atom stereocenters. The normalized spacial score (nSPS) is 20.2. The fourth-order valence-corrected chi connectivity index (χ4v) is 1.98. The minimum atomic E-state index is 0.349. The Balaban J connectivity index is 2.40. The molecule has 15 heavy (non-hydrogen) atoms. The number of methoxy groups -OCH3 is 1. The van der Waals surface area contributed by atoms with Gasteiger partial charge >= 0.3 is 0 Å². The zero-order valence-electron chi connectivity index (χ0n) is 10.3. The number of ether oxygens (including phenoxy) is 2. The van der Waals surface area contributed by atoms with Crippen molar-refractivity contribution >= 4 is 0 Å². The predicted octanol–water partition coefficient (Wildman–Crippen LogP) is 1.82. The van der Waals surface area contributed by atoms with Crippen molar-refractivity contribution in [1.82, 2.24) is 5.32 Å². The van der Waals surface area contributed by atoms with Crippen LogP contribution < -0.4 is 5.32 Å². The Morgan fingerprint density at radius 2 is 2.07 bits per heavy atom. The summed E-state index contributed by atoms with van der Waals surface area (Å²) >= 11 is 0. The summed E-state index contributed by atoms with van der Waals surface area (Å²) < 4.78 is 11.1. The summed E-state index contributed by atoms with van der Waals surface area (Å²) in [5.41, 5.74) is 0. The molecule has 0 amide bonds. The maximum atomic E-state index is 5.84. The van der Waals surface area contributed by atoms with Crippen molar-refractivity contribution in [2.75, 3.05) is 26.9 Å². The SMILES string of the molecule is CCCNC(COC)C(OCC)C1CC1. The van der Waals surface area contributed by atoms with Gasteiger partial charge in [-0.15, -0.1) is 0 Å². The molecule has 0 bridgehead atoms. The topological polar surface area (TPSA) is 30.5 Å². The highest BCUT2D eigenvalue weighted by molar-refractivity contribution is 4.90. The lowest BCUT2D eigenvalue weighted by atomic mass is 10.1. The molecule has 1 N–H and O–H groups in total. The minimum Gasteiger partial charge on any atom is -0.383 e. The van der Waals surface area contributed by atoms with Crippen LogP contribution in [0, 0.1) is 5.92 Å². The molecule has 1 rings (SSSR count). The molecule has 0 radical (unpaired) electrons. The maximum Gasteiger partial charge on any atom is 0.0778 e. The van der Waals surface area contributed by atoms with E-state index in [1.54, 1.807) is 7.11 Å². The number of nitrogens with one attached hydrogen (secondary N) is 1. The summed E-state index contributed by atoms with van der Waals surface area (Å²) in [6.07, 6.45) is 4.14. The van der Waals surface area contributed by atoms with Crippen LogP contribution in [0.15, 0.2) is 0 Å². The summed E-state index contributed by atoms with van der Waals surface area (Å²) in [4.78, 5) is 0. The van der Waals surface area contributed by atoms with Gasteiger partial charge in [0, 0.05) is 13.7 Å². The van der Waals surface area contributed by atoms with Crippen molar-refractivity contribution < 1.29 is 9.47 Å². The van der Waals surface area contributed by atoms with E-state index in [0.717, 1.165) is 32.1 Å². The molecule has 1 saturated carbocycles. The monoisotopic (exact) mass is 215 g/mol. The van der Waals surface area contributed by atoms with Crippen LogP contribution >= 0.6 is 0 Å². The summed E-state index contributed by atoms with van der Waals surface area (Å²) in [5.74, 6) is 0.759. The first kappa shape index (κ1) is 12.9. The first-order valence-corrected chi connectivity index (χ1v) is 6.17. The molecule has 3 nitrogen and oxygen atoms in total. The Kier molecular flexibility index (Phi) is 6.22. The highest BCUT2D eigenvalue weighted by atomic mass is 16.5. The highest BCUT2D eigenvalue weighted by Crippen LogP contribution is 2.35. The molecule has 0 aliphatic heterocycles. The van der Waals surface area contributed by atoms with E-state index < -0.39 is 0 Å². The molecular weight excluding hydrogens is 190 g/mol. The maximum absolute atomic E-state index is 5.84. The van der Waals surface area contributed by atoms with E-state index in [1.807, 2.05) is 0 Å². The second-order valence-electron chi connectivity index (χ2n) is 4.27. The molecule has 2 unspecified atom stereocenters. The van der Waals surface area contributed by atoms with Gasteiger partial charge in [-0.2, -0.15) is 0 Å². The molecular formula is C12H25NO2. The van der Waals surface area contributed by atoms with Crippen molar-refractivity contribution in [3.05, 3.63) is 0 Å². The van der Waals surface area contributed by atoms with Crippen LogP contribution in [0.25, 0.3) is 0 Å². The third-order valence-corrected chi connectivity index (χ3v) is 2.85. The molecule has 0 saturated heterocycles. The Hall–Kier alpha value is -0.120. The summed E-state index contributed by atoms with van der Waals surface area (Å²) in [5, 5.41) is 3.53. The van der Waals surface area contributed by atoms with Crippen LogP contribution in [0.3, 0.4) is 0 Å². The predicted molar refractivity (Wildman–Crippen MR) is 62.1 cm³/mol. The van der Waals surface area contributed by atoms with Gasteiger partial charge in [0.25, 0.3) is 0 Å². The van der Waals surface area contributed by atoms with Gasteiger partial charge in [-0.05, 0) is 38.6 Å². The zero-order valence-corrected chi connectivity index (χ0v) is 10.3. The summed E-state index contributed by atoms with van der Waals surface area (Å²) in [6, 6.07) is 0.363. The van der Waals surface area contributed by atoms with Crippen LogP contribution in [-0.4, -0.2) is 39.0 Å². The van der Waals surface area contributed by atoms with Gasteiger partial charge in [-0.1, -0.05) is 6.92 Å². The van der Waals surface area contributed by atoms with Crippen molar-refractivity contribution in [3.63, 3.8) is 0 Å². The Morgan fingerprint density at radius 1 is 1.33 bits per heavy atom. The molecule has 1 aliphatic carbocycles. The average Bonchev–Trinajstić information content (AvgIpc) is 3.05. The van der Waals surface area contributed by atoms with Crippen molar-refractivity contribution in [3.8, 4) is 0 Å². The van der Waals surface area contributed by atoms with Crippen LogP contribution in [0.5, 0.6) is 0 Å². The van der Waals surface area contributed by atoms with Gasteiger partial charge in [-0.3, -0.25) is 0 Å². The van der Waals surface area contributed by atoms with Gasteiger partial charge < -0.3 is 14.8 Å². The molecule has 0 aromatic carbocycles. The van der Waals surface area contributed by atoms with Crippen LogP contribution in [0.2, 0.25) is 0 Å². The number of hydrogen-bond acceptors (Lipinski definition) is 3. The van der Waals surface area contributed by atoms with E-state index in [9.17, 15) is 0 Å². The fourth-order valence-electron chi connectivity index (χ4n) is 1.98. The summed E-state index contributed by atoms with van der Waals surface area (Å²) in [6.45, 7) is 6.85. The van der Waals surface area contributed by atoms with Crippen molar-refractivity contribution in [2.24, 2.45) is 5.92 Å². The van der Waals surface area contributed by atoms with E-state index in [1.165, 1.54) is 12.8 Å². The average molecular weight is 215 g/mol. The zero-order chi connectivity index (χ0) is 11.1. The fraction of sp³-hybridized carbons (Fsp3) is 1.00. The van der Waals surface area contributed by atoms with Gasteiger partial charge in [0.1, 0.15) is 0 Å². The molecule has 1 fully saturated rings. The lowest BCUT2D eigenvalue weighted by Crippen LogP contribution is -2.46. The Bertz CT molecular complexity index is 160. The molecule has 0 spiro atoms. The molecule has 0 aromatic heterocycles. The smallest absolute Gasteiger partial charge is 0.0778 e. The lowest BCUT2D eigenvalue weighted by molar-refractivity contribution is -0.00326. The molecule has 0 aromatic rings. The first-order chi connectivity index (χ1) is 7.33. The Morgan fingerprint density at radius 3 is 2.53 bits per heavy atom. The second kappa shape index (κ2) is 7.20. The van der Waals surface area contributed by atoms with Crippen LogP contribution in [-0.2, 0) is 9.47 Å². The lowest BCUT2D eigenvalue weighted by Gasteiger charge is -2.27. The second-order valence-corrected chi connectivity index (χ2v) is 4.27. The quantitative estimate of drug-likeness (QED) is 0.636. The van der Waals surface area contributed by atoms with Gasteiger partial charge in [-0.25, -0.2) is 0 Å². The third kappa shape index (κ3) is 4.49. The number of hydrogen-bond donors (Lipinski definition) is 1. The Labute approximate surface area is 93.5 Å². The van der Waals surface area contributed by atoms with E-state index in [4.69, 9.17) is 9.47 Å². The van der Waals surface area contributed by atoms with Gasteiger partial charge in [0.15, 0.2) is 0 Å². The van der Waals surface area contributed by atoms with Gasteiger partial charge in [0.05, 0.1) is 18.8 Å². The largest absolute Gasteiger partial charge is 0.383 e. The minimum absolute atomic E-state index is 0.349. The highest BCUT2D eigenvalue weighted by Gasteiger charge is 2.36. The summed E-state index contributed by atoms with van der Waals surface area (Å²) in [7, 11) is 1.76. The van der Waals surface area contributed by atoms with E-state index >= 15 is 0 Å². The van der Waals surface area contributed by atoms with E-state index in [0.29, 0.717) is 12.1 Å². The molecule has 1 aliphatic rings. The van der Waals surface area contributed by atoms with Crippen LogP contribution in [0.4, 0.5) is 0 Å². The van der Waals surface area contributed by atoms with E-state index in [2.05, 4.69) is 19.2 Å². The molecule has 90 valence electrons. The van der Waals surface area contributed by atoms with Gasteiger partial charge in [0.2, 0.25) is 0 Å². The first-order valence-electron chi connectivity index (χ1n) is 6.17. The van der Waals surface area contributed by atoms with Crippen molar-refractivity contribution in [2.45, 2.75) is 45.3 Å². The van der Waals surface area contributed by atoms with E-state index in [-0.39, 0.29) is 0 Å². The molecule has 3 heteroatoms. The number of rotatable bonds is 9.